The van der Waals surface area contributed by atoms with Crippen molar-refractivity contribution in [3.63, 3.8) is 0 Å². The van der Waals surface area contributed by atoms with Crippen LogP contribution in [0.3, 0.4) is 0 Å². The Labute approximate surface area is 209 Å². The Morgan fingerprint density at radius 2 is 1.54 bits per heavy atom. The van der Waals surface area contributed by atoms with E-state index in [2.05, 4.69) is 0 Å². The first-order valence-corrected chi connectivity index (χ1v) is 12.5. The Morgan fingerprint density at radius 3 is 2.14 bits per heavy atom. The summed E-state index contributed by atoms with van der Waals surface area (Å²) >= 11 is 6.20. The molecule has 10 heteroatoms. The summed E-state index contributed by atoms with van der Waals surface area (Å²) in [5.41, 5.74) is 0.463. The number of likely N-dealkylation sites (N-methyl/N-ethyl adjacent to an activating group) is 1. The van der Waals surface area contributed by atoms with Crippen LogP contribution in [0.5, 0.6) is 11.5 Å². The second-order valence-electron chi connectivity index (χ2n) is 8.05. The van der Waals surface area contributed by atoms with E-state index in [-0.39, 0.29) is 34.9 Å². The van der Waals surface area contributed by atoms with Crippen LogP contribution >= 0.6 is 11.6 Å². The third-order valence-corrected chi connectivity index (χ3v) is 7.48. The minimum Gasteiger partial charge on any atom is -0.493 e. The maximum Gasteiger partial charge on any atom is 0.264 e. The minimum absolute atomic E-state index is 0.0214. The van der Waals surface area contributed by atoms with Crippen LogP contribution in [0.15, 0.2) is 59.5 Å². The first-order valence-electron chi connectivity index (χ1n) is 10.7. The number of methoxy groups -OCH3 is 2. The molecule has 0 atom stereocenters. The van der Waals surface area contributed by atoms with Crippen molar-refractivity contribution in [2.75, 3.05) is 45.7 Å². The van der Waals surface area contributed by atoms with E-state index in [9.17, 15) is 17.2 Å². The Morgan fingerprint density at radius 1 is 0.886 bits per heavy atom. The fourth-order valence-corrected chi connectivity index (χ4v) is 5.30. The van der Waals surface area contributed by atoms with E-state index in [0.29, 0.717) is 22.9 Å². The normalized spacial score (nSPS) is 11.5. The molecule has 0 aliphatic carbocycles. The number of halogens is 3. The van der Waals surface area contributed by atoms with E-state index in [0.717, 1.165) is 12.1 Å². The summed E-state index contributed by atoms with van der Waals surface area (Å²) in [4.78, 5) is 1.82. The van der Waals surface area contributed by atoms with Crippen LogP contribution in [0, 0.1) is 11.6 Å². The fourth-order valence-electron chi connectivity index (χ4n) is 3.60. The average Bonchev–Trinajstić information content (AvgIpc) is 2.81. The minimum atomic E-state index is -4.11. The van der Waals surface area contributed by atoms with Gasteiger partial charge in [-0.3, -0.25) is 4.31 Å². The maximum atomic E-state index is 14.4. The van der Waals surface area contributed by atoms with E-state index in [1.807, 2.05) is 19.0 Å². The van der Waals surface area contributed by atoms with Gasteiger partial charge in [0.25, 0.3) is 10.0 Å². The molecule has 0 bridgehead atoms. The van der Waals surface area contributed by atoms with Crippen molar-refractivity contribution >= 4 is 27.3 Å². The van der Waals surface area contributed by atoms with Gasteiger partial charge in [0.15, 0.2) is 11.5 Å². The summed E-state index contributed by atoms with van der Waals surface area (Å²) < 4.78 is 68.3. The van der Waals surface area contributed by atoms with Gasteiger partial charge < -0.3 is 14.4 Å². The number of rotatable bonds is 10. The molecule has 3 aromatic rings. The van der Waals surface area contributed by atoms with E-state index in [1.54, 1.807) is 12.1 Å². The molecular weight excluding hydrogens is 498 g/mol. The number of hydrogen-bond donors (Lipinski definition) is 0. The monoisotopic (exact) mass is 524 g/mol. The molecule has 0 saturated heterocycles. The zero-order valence-corrected chi connectivity index (χ0v) is 21.5. The standard InChI is InChI=1S/C25H27ClF2N2O4S/c1-29(2)12-13-30(35(31,32)19-9-11-24(33-3)25(16-19)34-4)23-10-8-18(26)14-17(23)15-20-21(27)6-5-7-22(20)28/h5-11,14,16H,12-13,15H2,1-4H3. The lowest BCUT2D eigenvalue weighted by atomic mass is 10.0. The predicted molar refractivity (Wildman–Crippen MR) is 133 cm³/mol. The van der Waals surface area contributed by atoms with Crippen LogP contribution in [0.25, 0.3) is 0 Å². The molecule has 6 nitrogen and oxygen atoms in total. The summed E-state index contributed by atoms with van der Waals surface area (Å²) in [6.07, 6.45) is -0.186. The van der Waals surface area contributed by atoms with Crippen LogP contribution in [-0.2, 0) is 16.4 Å². The van der Waals surface area contributed by atoms with Crippen LogP contribution < -0.4 is 13.8 Å². The van der Waals surface area contributed by atoms with Gasteiger partial charge in [0.2, 0.25) is 0 Å². The van der Waals surface area contributed by atoms with Crippen LogP contribution in [0.2, 0.25) is 5.02 Å². The zero-order valence-electron chi connectivity index (χ0n) is 19.9. The van der Waals surface area contributed by atoms with E-state index < -0.39 is 21.7 Å². The molecule has 3 rings (SSSR count). The molecular formula is C25H27ClF2N2O4S. The number of benzene rings is 3. The van der Waals surface area contributed by atoms with Crippen molar-refractivity contribution in [1.82, 2.24) is 4.90 Å². The molecule has 35 heavy (non-hydrogen) atoms. The Bertz CT molecular complexity index is 1280. The topological polar surface area (TPSA) is 59.1 Å². The Kier molecular flexibility index (Phi) is 8.58. The summed E-state index contributed by atoms with van der Waals surface area (Å²) in [5, 5.41) is 0.316. The molecule has 0 spiro atoms. The Balaban J connectivity index is 2.16. The lowest BCUT2D eigenvalue weighted by molar-refractivity contribution is 0.354. The number of ether oxygens (including phenoxy) is 2. The molecule has 0 saturated carbocycles. The van der Waals surface area contributed by atoms with Crippen LogP contribution in [0.4, 0.5) is 14.5 Å². The van der Waals surface area contributed by atoms with Gasteiger partial charge in [-0.2, -0.15) is 0 Å². The van der Waals surface area contributed by atoms with Crippen molar-refractivity contribution in [2.45, 2.75) is 11.3 Å². The van der Waals surface area contributed by atoms with Gasteiger partial charge in [-0.25, -0.2) is 17.2 Å². The maximum absolute atomic E-state index is 14.4. The van der Waals surface area contributed by atoms with Crippen LogP contribution in [-0.4, -0.2) is 54.7 Å². The molecule has 0 fully saturated rings. The van der Waals surface area contributed by atoms with Crippen LogP contribution in [0.1, 0.15) is 11.1 Å². The smallest absolute Gasteiger partial charge is 0.264 e. The number of nitrogens with zero attached hydrogens (tertiary/aromatic N) is 2. The highest BCUT2D eigenvalue weighted by Gasteiger charge is 2.28. The van der Waals surface area contributed by atoms with Gasteiger partial charge >= 0.3 is 0 Å². The first-order chi connectivity index (χ1) is 16.6. The third kappa shape index (κ3) is 6.04. The Hall–Kier alpha value is -2.88. The van der Waals surface area contributed by atoms with E-state index in [1.165, 1.54) is 48.9 Å². The SMILES string of the molecule is COc1ccc(S(=O)(=O)N(CCN(C)C)c2ccc(Cl)cc2Cc2c(F)cccc2F)cc1OC. The molecule has 0 heterocycles. The third-order valence-electron chi connectivity index (χ3n) is 5.43. The second kappa shape index (κ2) is 11.2. The van der Waals surface area contributed by atoms with Gasteiger partial charge in [-0.15, -0.1) is 0 Å². The van der Waals surface area contributed by atoms with E-state index in [4.69, 9.17) is 21.1 Å². The highest BCUT2D eigenvalue weighted by molar-refractivity contribution is 7.92. The number of sulfonamides is 1. The summed E-state index contributed by atoms with van der Waals surface area (Å²) in [7, 11) is 2.39. The quantitative estimate of drug-likeness (QED) is 0.374. The number of hydrogen-bond acceptors (Lipinski definition) is 5. The van der Waals surface area contributed by atoms with Crippen molar-refractivity contribution < 1.29 is 26.7 Å². The molecule has 0 aromatic heterocycles. The summed E-state index contributed by atoms with van der Waals surface area (Å²) in [6.45, 7) is 0.473. The molecule has 0 radical (unpaired) electrons. The van der Waals surface area contributed by atoms with Gasteiger partial charge in [-0.1, -0.05) is 17.7 Å². The summed E-state index contributed by atoms with van der Waals surface area (Å²) in [6, 6.07) is 12.5. The largest absolute Gasteiger partial charge is 0.493 e. The van der Waals surface area contributed by atoms with Gasteiger partial charge in [-0.05, 0) is 62.1 Å². The molecule has 0 N–H and O–H groups in total. The lowest BCUT2D eigenvalue weighted by Gasteiger charge is -2.28. The number of anilines is 1. The predicted octanol–water partition coefficient (Wildman–Crippen LogP) is 4.98. The zero-order chi connectivity index (χ0) is 25.8. The van der Waals surface area contributed by atoms with E-state index >= 15 is 0 Å². The highest BCUT2D eigenvalue weighted by Crippen LogP contribution is 2.35. The summed E-state index contributed by atoms with van der Waals surface area (Å²) in [5.74, 6) is -0.809. The average molecular weight is 525 g/mol. The molecule has 0 amide bonds. The first kappa shape index (κ1) is 26.7. The second-order valence-corrected chi connectivity index (χ2v) is 10.3. The molecule has 0 aliphatic rings. The molecule has 3 aromatic carbocycles. The van der Waals surface area contributed by atoms with Gasteiger partial charge in [0.05, 0.1) is 24.8 Å². The van der Waals surface area contributed by atoms with Crippen molar-refractivity contribution in [2.24, 2.45) is 0 Å². The molecule has 188 valence electrons. The van der Waals surface area contributed by atoms with Crippen molar-refractivity contribution in [3.8, 4) is 11.5 Å². The molecule has 0 unspecified atom stereocenters. The van der Waals surface area contributed by atoms with Gasteiger partial charge in [0, 0.05) is 36.2 Å². The van der Waals surface area contributed by atoms with Crippen molar-refractivity contribution in [1.29, 1.82) is 0 Å². The van der Waals surface area contributed by atoms with Gasteiger partial charge in [0.1, 0.15) is 11.6 Å². The van der Waals surface area contributed by atoms with Crippen molar-refractivity contribution in [3.05, 3.63) is 82.4 Å². The lowest BCUT2D eigenvalue weighted by Crippen LogP contribution is -2.37. The fraction of sp³-hybridized carbons (Fsp3) is 0.280. The molecule has 0 aliphatic heterocycles. The highest BCUT2D eigenvalue weighted by atomic mass is 35.5.